The molecule has 0 aliphatic heterocycles. The minimum absolute atomic E-state index is 0.399. The maximum Gasteiger partial charge on any atom is 0.0951 e. The van der Waals surface area contributed by atoms with Crippen LogP contribution >= 0.6 is 0 Å². The Morgan fingerprint density at radius 3 is 1.68 bits per heavy atom. The van der Waals surface area contributed by atoms with Gasteiger partial charge in [0, 0.05) is 0 Å². The van der Waals surface area contributed by atoms with E-state index in [1.807, 2.05) is 7.05 Å². The maximum absolute atomic E-state index is 3.66. The van der Waals surface area contributed by atoms with E-state index in [1.54, 1.807) is 0 Å². The molecule has 25 heavy (non-hydrogen) atoms. The smallest absolute Gasteiger partial charge is 0.0951 e. The van der Waals surface area contributed by atoms with Crippen LogP contribution in [0.15, 0.2) is 103 Å². The molecular formula is C24H21N. The van der Waals surface area contributed by atoms with Gasteiger partial charge in [0.15, 0.2) is 0 Å². The fraction of sp³-hybridized carbons (Fsp3) is 0.0833. The molecule has 122 valence electrons. The molecule has 0 aromatic heterocycles. The molecule has 0 radical (unpaired) electrons. The molecule has 4 rings (SSSR count). The zero-order valence-corrected chi connectivity index (χ0v) is 14.3. The van der Waals surface area contributed by atoms with Crippen LogP contribution in [0, 0.1) is 0 Å². The molecule has 1 N–H and O–H groups in total. The van der Waals surface area contributed by atoms with Crippen molar-refractivity contribution in [3.63, 3.8) is 0 Å². The Labute approximate surface area is 149 Å². The predicted octanol–water partition coefficient (Wildman–Crippen LogP) is 5.35. The molecule has 0 amide bonds. The molecule has 0 spiro atoms. The summed E-state index contributed by atoms with van der Waals surface area (Å²) in [4.78, 5) is 0. The van der Waals surface area contributed by atoms with Crippen molar-refractivity contribution in [3.8, 4) is 0 Å². The highest BCUT2D eigenvalue weighted by molar-refractivity contribution is 5.88. The highest BCUT2D eigenvalue weighted by Gasteiger charge is 2.35. The lowest BCUT2D eigenvalue weighted by Gasteiger charge is -2.36. The molecule has 0 unspecified atom stereocenters. The highest BCUT2D eigenvalue weighted by Crippen LogP contribution is 2.39. The third-order valence-corrected chi connectivity index (χ3v) is 4.98. The van der Waals surface area contributed by atoms with E-state index in [0.717, 1.165) is 0 Å². The number of hydrogen-bond acceptors (Lipinski definition) is 1. The van der Waals surface area contributed by atoms with E-state index in [9.17, 15) is 0 Å². The molecule has 0 heterocycles. The molecule has 4 aromatic carbocycles. The van der Waals surface area contributed by atoms with E-state index in [1.165, 1.54) is 27.5 Å². The van der Waals surface area contributed by atoms with Crippen LogP contribution in [0.1, 0.15) is 16.7 Å². The average molecular weight is 323 g/mol. The van der Waals surface area contributed by atoms with Crippen LogP contribution in [0.25, 0.3) is 10.8 Å². The highest BCUT2D eigenvalue weighted by atomic mass is 14.9. The van der Waals surface area contributed by atoms with Crippen LogP contribution in [-0.4, -0.2) is 7.05 Å². The van der Waals surface area contributed by atoms with Crippen molar-refractivity contribution in [1.29, 1.82) is 0 Å². The van der Waals surface area contributed by atoms with Gasteiger partial charge in [-0.15, -0.1) is 0 Å². The molecule has 1 nitrogen and oxygen atoms in total. The zero-order chi connectivity index (χ0) is 17.1. The quantitative estimate of drug-likeness (QED) is 0.499. The van der Waals surface area contributed by atoms with Crippen LogP contribution < -0.4 is 5.32 Å². The summed E-state index contributed by atoms with van der Waals surface area (Å²) >= 11 is 0. The van der Waals surface area contributed by atoms with Crippen molar-refractivity contribution in [2.24, 2.45) is 0 Å². The normalized spacial score (nSPS) is 11.6. The summed E-state index contributed by atoms with van der Waals surface area (Å²) in [5.74, 6) is 0. The molecule has 0 aliphatic rings. The van der Waals surface area contributed by atoms with E-state index in [0.29, 0.717) is 0 Å². The maximum atomic E-state index is 3.66. The average Bonchev–Trinajstić information content (AvgIpc) is 2.71. The lowest BCUT2D eigenvalue weighted by atomic mass is 9.75. The van der Waals surface area contributed by atoms with E-state index >= 15 is 0 Å². The Bertz CT molecular complexity index is 930. The SMILES string of the molecule is CNC(c1ccccc1)(c1ccccc1)c1cccc2ccccc12. The largest absolute Gasteiger partial charge is 0.303 e. The van der Waals surface area contributed by atoms with Crippen molar-refractivity contribution in [3.05, 3.63) is 120 Å². The third-order valence-electron chi connectivity index (χ3n) is 4.98. The van der Waals surface area contributed by atoms with Crippen molar-refractivity contribution < 1.29 is 0 Å². The summed E-state index contributed by atoms with van der Waals surface area (Å²) in [5, 5.41) is 6.18. The van der Waals surface area contributed by atoms with Crippen LogP contribution in [-0.2, 0) is 5.54 Å². The second kappa shape index (κ2) is 6.54. The van der Waals surface area contributed by atoms with Crippen LogP contribution in [0.2, 0.25) is 0 Å². The van der Waals surface area contributed by atoms with E-state index in [4.69, 9.17) is 0 Å². The molecule has 0 atom stereocenters. The second-order valence-electron chi connectivity index (χ2n) is 6.26. The van der Waals surface area contributed by atoms with Crippen molar-refractivity contribution in [1.82, 2.24) is 5.32 Å². The van der Waals surface area contributed by atoms with Gasteiger partial charge in [-0.25, -0.2) is 0 Å². The van der Waals surface area contributed by atoms with Gasteiger partial charge in [-0.2, -0.15) is 0 Å². The van der Waals surface area contributed by atoms with Gasteiger partial charge in [-0.3, -0.25) is 0 Å². The van der Waals surface area contributed by atoms with Crippen LogP contribution in [0.3, 0.4) is 0 Å². The summed E-state index contributed by atoms with van der Waals surface area (Å²) in [6, 6.07) is 36.5. The van der Waals surface area contributed by atoms with Crippen LogP contribution in [0.4, 0.5) is 0 Å². The summed E-state index contributed by atoms with van der Waals surface area (Å²) in [7, 11) is 2.04. The predicted molar refractivity (Wildman–Crippen MR) is 106 cm³/mol. The fourth-order valence-electron chi connectivity index (χ4n) is 3.83. The van der Waals surface area contributed by atoms with Gasteiger partial charge in [-0.05, 0) is 34.5 Å². The molecule has 0 saturated carbocycles. The van der Waals surface area contributed by atoms with Gasteiger partial charge >= 0.3 is 0 Å². The summed E-state index contributed by atoms with van der Waals surface area (Å²) in [6.07, 6.45) is 0. The first-order valence-corrected chi connectivity index (χ1v) is 8.64. The zero-order valence-electron chi connectivity index (χ0n) is 14.3. The van der Waals surface area contributed by atoms with Crippen molar-refractivity contribution in [2.75, 3.05) is 7.05 Å². The van der Waals surface area contributed by atoms with Crippen LogP contribution in [0.5, 0.6) is 0 Å². The Morgan fingerprint density at radius 2 is 1.08 bits per heavy atom. The summed E-state index contributed by atoms with van der Waals surface area (Å²) in [6.45, 7) is 0. The Hall–Kier alpha value is -2.90. The van der Waals surface area contributed by atoms with Crippen molar-refractivity contribution in [2.45, 2.75) is 5.54 Å². The summed E-state index contributed by atoms with van der Waals surface area (Å²) < 4.78 is 0. The minimum atomic E-state index is -0.399. The minimum Gasteiger partial charge on any atom is -0.303 e. The molecule has 0 bridgehead atoms. The van der Waals surface area contributed by atoms with Crippen molar-refractivity contribution >= 4 is 10.8 Å². The molecule has 0 fully saturated rings. The Balaban J connectivity index is 2.11. The lowest BCUT2D eigenvalue weighted by Crippen LogP contribution is -2.42. The van der Waals surface area contributed by atoms with Gasteiger partial charge in [0.25, 0.3) is 0 Å². The van der Waals surface area contributed by atoms with E-state index in [2.05, 4.69) is 108 Å². The molecular weight excluding hydrogens is 302 g/mol. The molecule has 0 saturated heterocycles. The first-order chi connectivity index (χ1) is 12.4. The number of nitrogens with one attached hydrogen (secondary N) is 1. The number of benzene rings is 4. The van der Waals surface area contributed by atoms with Gasteiger partial charge < -0.3 is 5.32 Å². The first-order valence-electron chi connectivity index (χ1n) is 8.64. The summed E-state index contributed by atoms with van der Waals surface area (Å²) in [5.41, 5.74) is 3.34. The molecule has 4 aromatic rings. The first kappa shape index (κ1) is 15.6. The van der Waals surface area contributed by atoms with Gasteiger partial charge in [0.2, 0.25) is 0 Å². The monoisotopic (exact) mass is 323 g/mol. The van der Waals surface area contributed by atoms with E-state index in [-0.39, 0.29) is 0 Å². The van der Waals surface area contributed by atoms with Gasteiger partial charge in [-0.1, -0.05) is 103 Å². The molecule has 0 aliphatic carbocycles. The fourth-order valence-corrected chi connectivity index (χ4v) is 3.83. The lowest BCUT2D eigenvalue weighted by molar-refractivity contribution is 0.529. The molecule has 1 heteroatoms. The standard InChI is InChI=1S/C24H21N/c1-25-24(20-13-4-2-5-14-20,21-15-6-3-7-16-21)23-18-10-12-19-11-8-9-17-22(19)23/h2-18,25H,1H3. The van der Waals surface area contributed by atoms with E-state index < -0.39 is 5.54 Å². The van der Waals surface area contributed by atoms with Gasteiger partial charge in [0.05, 0.1) is 5.54 Å². The Morgan fingerprint density at radius 1 is 0.560 bits per heavy atom. The van der Waals surface area contributed by atoms with Gasteiger partial charge in [0.1, 0.15) is 0 Å². The Kier molecular flexibility index (Phi) is 4.09. The third kappa shape index (κ3) is 2.54. The number of hydrogen-bond donors (Lipinski definition) is 1. The number of fused-ring (bicyclic) bond motifs is 1. The topological polar surface area (TPSA) is 12.0 Å². The second-order valence-corrected chi connectivity index (χ2v) is 6.26. The number of rotatable bonds is 4.